The summed E-state index contributed by atoms with van der Waals surface area (Å²) in [6.07, 6.45) is 8.03. The number of hydrogen-bond acceptors (Lipinski definition) is 6. The summed E-state index contributed by atoms with van der Waals surface area (Å²) in [7, 11) is -3.82. The highest BCUT2D eigenvalue weighted by molar-refractivity contribution is 7.89. The van der Waals surface area contributed by atoms with Crippen molar-refractivity contribution in [3.8, 4) is 0 Å². The summed E-state index contributed by atoms with van der Waals surface area (Å²) in [4.78, 5) is 25.3. The molecule has 3 aliphatic rings. The first-order valence-electron chi connectivity index (χ1n) is 11.2. The molecule has 3 fully saturated rings. The number of sulfonamides is 1. The minimum absolute atomic E-state index is 0.0121. The number of nitro groups is 1. The number of fused-ring (bicyclic) bond motifs is 1. The molecular formula is C21H30N4O5S. The molecule has 10 heteroatoms. The molecule has 0 unspecified atom stereocenters. The number of nitro benzene ring substituents is 1. The van der Waals surface area contributed by atoms with Crippen molar-refractivity contribution in [2.45, 2.75) is 74.8 Å². The van der Waals surface area contributed by atoms with Gasteiger partial charge in [-0.2, -0.15) is 4.31 Å². The topological polar surface area (TPSA) is 127 Å². The number of anilines is 1. The van der Waals surface area contributed by atoms with Gasteiger partial charge >= 0.3 is 0 Å². The lowest BCUT2D eigenvalue weighted by Gasteiger charge is -2.34. The summed E-state index contributed by atoms with van der Waals surface area (Å²) >= 11 is 0. The SMILES string of the molecule is NC(=O)[C@@H]1C[C@@H]2CCCC[C@H]2N1c1ccc(S(=O)(=O)N2CCCCCC2)cc1[N+](=O)[O-]. The molecule has 1 amide bonds. The van der Waals surface area contributed by atoms with E-state index in [1.54, 1.807) is 4.90 Å². The lowest BCUT2D eigenvalue weighted by atomic mass is 9.84. The van der Waals surface area contributed by atoms with Crippen molar-refractivity contribution in [1.82, 2.24) is 4.31 Å². The molecule has 1 aromatic carbocycles. The van der Waals surface area contributed by atoms with Crippen LogP contribution in [0, 0.1) is 16.0 Å². The van der Waals surface area contributed by atoms with Crippen LogP contribution in [0.3, 0.4) is 0 Å². The van der Waals surface area contributed by atoms with Crippen molar-refractivity contribution in [2.24, 2.45) is 11.7 Å². The van der Waals surface area contributed by atoms with Crippen LogP contribution in [-0.2, 0) is 14.8 Å². The molecule has 3 atom stereocenters. The first-order valence-corrected chi connectivity index (χ1v) is 12.6. The Morgan fingerprint density at radius 1 is 1.06 bits per heavy atom. The van der Waals surface area contributed by atoms with E-state index in [9.17, 15) is 23.3 Å². The van der Waals surface area contributed by atoms with Crippen LogP contribution in [0.1, 0.15) is 57.8 Å². The van der Waals surface area contributed by atoms with E-state index >= 15 is 0 Å². The van der Waals surface area contributed by atoms with Gasteiger partial charge in [0, 0.05) is 25.2 Å². The number of nitrogens with two attached hydrogens (primary N) is 1. The van der Waals surface area contributed by atoms with Gasteiger partial charge in [-0.3, -0.25) is 14.9 Å². The number of carbonyl (C=O) groups excluding carboxylic acids is 1. The van der Waals surface area contributed by atoms with Crippen LogP contribution in [0.15, 0.2) is 23.1 Å². The van der Waals surface area contributed by atoms with E-state index in [0.29, 0.717) is 19.5 Å². The van der Waals surface area contributed by atoms with Crippen molar-refractivity contribution in [2.75, 3.05) is 18.0 Å². The molecule has 0 aromatic heterocycles. The lowest BCUT2D eigenvalue weighted by molar-refractivity contribution is -0.384. The Morgan fingerprint density at radius 2 is 1.74 bits per heavy atom. The summed E-state index contributed by atoms with van der Waals surface area (Å²) in [6.45, 7) is 0.856. The van der Waals surface area contributed by atoms with Gasteiger partial charge < -0.3 is 10.6 Å². The Morgan fingerprint density at radius 3 is 2.39 bits per heavy atom. The van der Waals surface area contributed by atoms with Crippen molar-refractivity contribution in [3.05, 3.63) is 28.3 Å². The second-order valence-electron chi connectivity index (χ2n) is 8.90. The van der Waals surface area contributed by atoms with E-state index in [4.69, 9.17) is 5.73 Å². The fourth-order valence-corrected chi connectivity index (χ4v) is 7.06. The number of carbonyl (C=O) groups is 1. The zero-order valence-electron chi connectivity index (χ0n) is 17.6. The number of benzene rings is 1. The van der Waals surface area contributed by atoms with Gasteiger partial charge in [-0.15, -0.1) is 0 Å². The number of nitrogens with zero attached hydrogens (tertiary/aromatic N) is 3. The van der Waals surface area contributed by atoms with Gasteiger partial charge in [0.2, 0.25) is 15.9 Å². The van der Waals surface area contributed by atoms with Crippen LogP contribution < -0.4 is 10.6 Å². The van der Waals surface area contributed by atoms with Crippen molar-refractivity contribution >= 4 is 27.3 Å². The summed E-state index contributed by atoms with van der Waals surface area (Å²) in [6, 6.07) is 3.49. The highest BCUT2D eigenvalue weighted by Crippen LogP contribution is 2.45. The Bertz CT molecular complexity index is 959. The third-order valence-corrected chi connectivity index (χ3v) is 8.94. The van der Waals surface area contributed by atoms with Gasteiger partial charge in [0.25, 0.3) is 5.69 Å². The Labute approximate surface area is 182 Å². The van der Waals surface area contributed by atoms with E-state index in [1.165, 1.54) is 16.4 Å². The average Bonchev–Trinajstić information content (AvgIpc) is 2.92. The molecule has 2 N–H and O–H groups in total. The van der Waals surface area contributed by atoms with Gasteiger partial charge in [0.15, 0.2) is 0 Å². The van der Waals surface area contributed by atoms with E-state index in [1.807, 2.05) is 0 Å². The van der Waals surface area contributed by atoms with Crippen molar-refractivity contribution in [3.63, 3.8) is 0 Å². The first-order chi connectivity index (χ1) is 14.8. The molecule has 170 valence electrons. The van der Waals surface area contributed by atoms with Crippen molar-refractivity contribution in [1.29, 1.82) is 0 Å². The van der Waals surface area contributed by atoms with Gasteiger partial charge in [-0.1, -0.05) is 25.7 Å². The van der Waals surface area contributed by atoms with Crippen molar-refractivity contribution < 1.29 is 18.1 Å². The predicted molar refractivity (Wildman–Crippen MR) is 116 cm³/mol. The molecular weight excluding hydrogens is 420 g/mol. The zero-order chi connectivity index (χ0) is 22.2. The molecule has 2 aliphatic heterocycles. The van der Waals surface area contributed by atoms with E-state index in [-0.39, 0.29) is 28.2 Å². The second kappa shape index (κ2) is 8.74. The fraction of sp³-hybridized carbons (Fsp3) is 0.667. The molecule has 4 rings (SSSR count). The van der Waals surface area contributed by atoms with E-state index in [0.717, 1.165) is 57.4 Å². The standard InChI is InChI=1S/C21H30N4O5S/c22-21(26)20-13-15-7-3-4-8-17(15)24(20)18-10-9-16(14-19(18)25(27)28)31(29,30)23-11-5-1-2-6-12-23/h9-10,14-15,17,20H,1-8,11-13H2,(H2,22,26)/t15-,17+,20-/m0/s1. The summed E-state index contributed by atoms with van der Waals surface area (Å²) < 4.78 is 27.8. The highest BCUT2D eigenvalue weighted by atomic mass is 32.2. The quantitative estimate of drug-likeness (QED) is 0.543. The van der Waals surface area contributed by atoms with Crippen LogP contribution in [0.25, 0.3) is 0 Å². The van der Waals surface area contributed by atoms with Crippen LogP contribution in [0.5, 0.6) is 0 Å². The Balaban J connectivity index is 1.74. The van der Waals surface area contributed by atoms with Crippen LogP contribution >= 0.6 is 0 Å². The Kier molecular flexibility index (Phi) is 6.20. The van der Waals surface area contributed by atoms with Gasteiger partial charge in [0.1, 0.15) is 11.7 Å². The molecule has 2 heterocycles. The van der Waals surface area contributed by atoms with Gasteiger partial charge in [-0.05, 0) is 50.2 Å². The molecule has 1 aliphatic carbocycles. The molecule has 1 saturated carbocycles. The van der Waals surface area contributed by atoms with E-state index in [2.05, 4.69) is 0 Å². The minimum atomic E-state index is -3.82. The Hall–Kier alpha value is -2.20. The number of rotatable bonds is 5. The third-order valence-electron chi connectivity index (χ3n) is 7.04. The fourth-order valence-electron chi connectivity index (χ4n) is 5.52. The summed E-state index contributed by atoms with van der Waals surface area (Å²) in [5, 5.41) is 12.0. The minimum Gasteiger partial charge on any atom is -0.368 e. The number of hydrogen-bond donors (Lipinski definition) is 1. The molecule has 31 heavy (non-hydrogen) atoms. The largest absolute Gasteiger partial charge is 0.368 e. The monoisotopic (exact) mass is 450 g/mol. The summed E-state index contributed by atoms with van der Waals surface area (Å²) in [5.41, 5.74) is 5.67. The number of primary amides is 1. The molecule has 9 nitrogen and oxygen atoms in total. The van der Waals surface area contributed by atoms with Crippen LogP contribution in [0.2, 0.25) is 0 Å². The molecule has 1 aromatic rings. The van der Waals surface area contributed by atoms with Gasteiger partial charge in [-0.25, -0.2) is 8.42 Å². The summed E-state index contributed by atoms with van der Waals surface area (Å²) in [5.74, 6) is -0.226. The molecule has 0 bridgehead atoms. The number of amides is 1. The molecule has 0 radical (unpaired) electrons. The zero-order valence-corrected chi connectivity index (χ0v) is 18.4. The van der Waals surface area contributed by atoms with E-state index < -0.39 is 26.9 Å². The maximum atomic E-state index is 13.2. The lowest BCUT2D eigenvalue weighted by Crippen LogP contribution is -2.45. The average molecular weight is 451 g/mol. The second-order valence-corrected chi connectivity index (χ2v) is 10.8. The first kappa shape index (κ1) is 22.0. The maximum Gasteiger partial charge on any atom is 0.293 e. The smallest absolute Gasteiger partial charge is 0.293 e. The maximum absolute atomic E-state index is 13.2. The van der Waals surface area contributed by atoms with Gasteiger partial charge in [0.05, 0.1) is 9.82 Å². The predicted octanol–water partition coefficient (Wildman–Crippen LogP) is 2.78. The molecule has 2 saturated heterocycles. The van der Waals surface area contributed by atoms with Crippen LogP contribution in [-0.4, -0.2) is 48.7 Å². The highest BCUT2D eigenvalue weighted by Gasteiger charge is 2.46. The molecule has 0 spiro atoms. The van der Waals surface area contributed by atoms with Crippen LogP contribution in [0.4, 0.5) is 11.4 Å². The third kappa shape index (κ3) is 4.15. The normalized spacial score (nSPS) is 27.5.